The molecule has 0 amide bonds. The zero-order chi connectivity index (χ0) is 90.5. The molecule has 22 N–H and O–H groups in total. The van der Waals surface area contributed by atoms with Crippen molar-refractivity contribution in [1.29, 1.82) is 0 Å². The normalized spacial score (nSPS) is 49.6. The Bertz CT molecular complexity index is 3460. The van der Waals surface area contributed by atoms with Crippen molar-refractivity contribution < 1.29 is 193 Å². The molecule has 39 heteroatoms. The number of allylic oxidation sites excluding steroid dienone is 1. The van der Waals surface area contributed by atoms with Crippen LogP contribution in [0.3, 0.4) is 0 Å². The molecule has 11 fully saturated rings. The first-order chi connectivity index (χ1) is 58.4. The SMILES string of the molecule is C[C@@H]1O[C@@H](OCCCCCCC[C@H](O)CCCCCC[C@@H](O[C@@H]2OC[C@@H](O)[C@H](O)[C@H]2O)C(=O)O[C@@H]2[C@H](O)[C@@H](O[C@@H]3O[C@@H](C)[C@H](O[C@@H]4OC[C@@H](O)[C@H](O)[C@H]4O)[C@@H](O)[C@H]3O)[C@H](OC(=O)[C@@H]3CC(C)(C)C[C@H]4C5=CC[C@@H]6[C@@]7(C)C[C@H](O)[C@H](O[C@@H]8O[C@H](CO[C@@H]9OC[C@H](O)[C@H](O)[C@H]9O)[C@@H](O)[C@H](O)[C@H]8O)[C@@](C)(CO)[C@@H]7CC[C@@]6(C)[C@]5(C)CC[C@]34O)O[C@@H]2C)[C@H](O)[C@H](O)[C@H]1O. The van der Waals surface area contributed by atoms with Gasteiger partial charge in [0.1, 0.15) is 122 Å². The molecule has 0 aromatic carbocycles. The van der Waals surface area contributed by atoms with Gasteiger partial charge in [-0.25, -0.2) is 4.79 Å². The minimum absolute atomic E-state index is 0.0718. The van der Waals surface area contributed by atoms with Crippen LogP contribution in [0.5, 0.6) is 0 Å². The van der Waals surface area contributed by atoms with Crippen molar-refractivity contribution in [3.63, 3.8) is 0 Å². The van der Waals surface area contributed by atoms with E-state index in [2.05, 4.69) is 26.8 Å². The third kappa shape index (κ3) is 20.4. The molecular weight excluding hydrogens is 1640 g/mol. The Morgan fingerprint density at radius 3 is 1.64 bits per heavy atom. The Morgan fingerprint density at radius 2 is 0.992 bits per heavy atom. The number of carbonyl (C=O) groups is 2. The standard InChI is InChI=1S/C85H142O39/c1-37-52(92)57(97)63(103)74(115-37)110-28-18-14-10-11-15-19-40(87)20-16-12-13-17-21-48(118-75-61(101)54(94)46(90)33-112-75)72(108)120-68-39(3)117-79(69(66(68)106)122-77-65(105)59(99)67(38(2)116-77)121-76-62(102)55(95)47(91)34-113-76)124-71(107)43-30-80(4,5)29-42-41-22-23-51-81(6)31-44(88)70(82(7,36-86)50(81)24-25-84(51,9)83(41,8)26-27-85(42,43)109)123-78-64(104)58(98)56(96)49(119-78)35-114-73-60(100)53(93)45(89)32-111-73/h22,37-40,42-70,73-79,86-106,109H,10-21,23-36H2,1-9H3/t37-,38-,39+,40-,42-,43-,44-,45-,46+,47+,48+,49+,50+,51+,52-,53-,54-,55-,56+,57+,58-,59-,60+,61+,62+,63+,64+,65+,66-,67-,68-,69+,70-,73-,74+,75-,76-,77-,78-,79-,81-,82-,83+,84+,85+/m0/s1. The van der Waals surface area contributed by atoms with Gasteiger partial charge in [0.2, 0.25) is 6.29 Å². The van der Waals surface area contributed by atoms with Gasteiger partial charge in [-0.05, 0) is 131 Å². The zero-order valence-electron chi connectivity index (χ0n) is 72.3. The van der Waals surface area contributed by atoms with E-state index < -0.39 is 304 Å². The fourth-order valence-corrected chi connectivity index (χ4v) is 22.7. The molecule has 716 valence electrons. The lowest BCUT2D eigenvalue weighted by molar-refractivity contribution is -0.373. The highest BCUT2D eigenvalue weighted by atomic mass is 16.8. The number of esters is 2. The van der Waals surface area contributed by atoms with Crippen LogP contribution in [0.15, 0.2) is 11.6 Å². The lowest BCUT2D eigenvalue weighted by Crippen LogP contribution is -2.70. The first-order valence-electron chi connectivity index (χ1n) is 44.7. The maximum atomic E-state index is 15.7. The molecule has 7 heterocycles. The third-order valence-electron chi connectivity index (χ3n) is 30.4. The van der Waals surface area contributed by atoms with Gasteiger partial charge in [-0.15, -0.1) is 0 Å². The Morgan fingerprint density at radius 1 is 0.468 bits per heavy atom. The Kier molecular flexibility index (Phi) is 33.2. The van der Waals surface area contributed by atoms with Crippen LogP contribution in [0.1, 0.15) is 191 Å². The molecule has 45 atom stereocenters. The van der Waals surface area contributed by atoms with Crippen LogP contribution >= 0.6 is 0 Å². The summed E-state index contributed by atoms with van der Waals surface area (Å²) < 4.78 is 89.1. The second kappa shape index (κ2) is 41.0. The number of hydrogen-bond donors (Lipinski definition) is 22. The summed E-state index contributed by atoms with van der Waals surface area (Å²) in [6.07, 6.45) is -45.1. The lowest BCUT2D eigenvalue weighted by atomic mass is 9.33. The smallest absolute Gasteiger partial charge is 0.335 e. The van der Waals surface area contributed by atoms with E-state index in [0.717, 1.165) is 31.3 Å². The highest BCUT2D eigenvalue weighted by Gasteiger charge is 2.72. The van der Waals surface area contributed by atoms with E-state index in [1.807, 2.05) is 13.8 Å². The van der Waals surface area contributed by atoms with Crippen molar-refractivity contribution in [3.05, 3.63) is 11.6 Å². The highest BCUT2D eigenvalue weighted by Crippen LogP contribution is 2.75. The average molecular weight is 1790 g/mol. The molecule has 5 aliphatic carbocycles. The summed E-state index contributed by atoms with van der Waals surface area (Å²) in [5.41, 5.74) is -4.73. The van der Waals surface area contributed by atoms with Crippen LogP contribution in [-0.4, -0.2) is 391 Å². The van der Waals surface area contributed by atoms with Crippen molar-refractivity contribution in [3.8, 4) is 0 Å². The summed E-state index contributed by atoms with van der Waals surface area (Å²) in [4.78, 5) is 30.6. The molecule has 124 heavy (non-hydrogen) atoms. The molecule has 39 nitrogen and oxygen atoms in total. The van der Waals surface area contributed by atoms with Gasteiger partial charge in [-0.1, -0.05) is 105 Å². The fraction of sp³-hybridized carbons (Fsp3) is 0.953. The molecule has 12 rings (SSSR count). The van der Waals surface area contributed by atoms with E-state index in [-0.39, 0.29) is 50.7 Å². The van der Waals surface area contributed by atoms with E-state index in [9.17, 15) is 117 Å². The number of rotatable bonds is 32. The van der Waals surface area contributed by atoms with Crippen molar-refractivity contribution in [2.45, 2.75) is 417 Å². The summed E-state index contributed by atoms with van der Waals surface area (Å²) in [6.45, 7) is 14.5. The first kappa shape index (κ1) is 100. The molecule has 4 saturated carbocycles. The van der Waals surface area contributed by atoms with Crippen LogP contribution in [0, 0.1) is 50.7 Å². The molecule has 7 aliphatic heterocycles. The fourth-order valence-electron chi connectivity index (χ4n) is 22.7. The van der Waals surface area contributed by atoms with Crippen molar-refractivity contribution in [1.82, 2.24) is 0 Å². The summed E-state index contributed by atoms with van der Waals surface area (Å²) >= 11 is 0. The molecule has 0 spiro atoms. The van der Waals surface area contributed by atoms with Gasteiger partial charge in [0.05, 0.1) is 81.2 Å². The van der Waals surface area contributed by atoms with Crippen LogP contribution in [0.25, 0.3) is 0 Å². The minimum Gasteiger partial charge on any atom is -0.455 e. The van der Waals surface area contributed by atoms with Crippen LogP contribution in [-0.2, 0) is 80.6 Å². The van der Waals surface area contributed by atoms with Gasteiger partial charge in [-0.2, -0.15) is 0 Å². The van der Waals surface area contributed by atoms with E-state index >= 15 is 4.79 Å². The first-order valence-corrected chi connectivity index (χ1v) is 44.7. The third-order valence-corrected chi connectivity index (χ3v) is 30.4. The summed E-state index contributed by atoms with van der Waals surface area (Å²) in [5, 5.41) is 244. The second-order valence-corrected chi connectivity index (χ2v) is 39.4. The quantitative estimate of drug-likeness (QED) is 0.0133. The average Bonchev–Trinajstić information content (AvgIpc) is 0.670. The molecule has 12 aliphatic rings. The number of fused-ring (bicyclic) bond motifs is 7. The van der Waals surface area contributed by atoms with Gasteiger partial charge in [-0.3, -0.25) is 4.79 Å². The summed E-state index contributed by atoms with van der Waals surface area (Å²) in [6, 6.07) is 0. The molecular formula is C85H142O39. The molecule has 0 unspecified atom stereocenters. The molecule has 7 saturated heterocycles. The van der Waals surface area contributed by atoms with Crippen LogP contribution in [0.4, 0.5) is 0 Å². The molecule has 0 aromatic rings. The highest BCUT2D eigenvalue weighted by molar-refractivity contribution is 5.76. The van der Waals surface area contributed by atoms with E-state index in [0.29, 0.717) is 77.0 Å². The van der Waals surface area contributed by atoms with E-state index in [4.69, 9.17) is 71.1 Å². The molecule has 0 aromatic heterocycles. The van der Waals surface area contributed by atoms with Gasteiger partial charge in [0.25, 0.3) is 0 Å². The van der Waals surface area contributed by atoms with Gasteiger partial charge in [0.15, 0.2) is 56.1 Å². The number of aliphatic hydroxyl groups excluding tert-OH is 21. The van der Waals surface area contributed by atoms with Gasteiger partial charge in [0, 0.05) is 17.9 Å². The van der Waals surface area contributed by atoms with Gasteiger partial charge >= 0.3 is 11.9 Å². The number of ether oxygens (including phenoxy) is 15. The summed E-state index contributed by atoms with van der Waals surface area (Å²) in [5.74, 6) is -4.62. The van der Waals surface area contributed by atoms with E-state index in [1.54, 1.807) is 13.8 Å². The number of unbranched alkanes of at least 4 members (excludes halogenated alkanes) is 7. The topological polar surface area (TPSA) is 618 Å². The Balaban J connectivity index is 0.726. The lowest BCUT2D eigenvalue weighted by Gasteiger charge is -2.72. The maximum Gasteiger partial charge on any atom is 0.335 e. The Hall–Kier alpha value is -2.72. The molecule has 0 bridgehead atoms. The number of aliphatic hydroxyl groups is 22. The largest absolute Gasteiger partial charge is 0.455 e. The van der Waals surface area contributed by atoms with Crippen LogP contribution in [0.2, 0.25) is 0 Å². The number of carbonyl (C=O) groups excluding carboxylic acids is 2. The maximum absolute atomic E-state index is 15.7. The predicted octanol–water partition coefficient (Wildman–Crippen LogP) is -3.70. The van der Waals surface area contributed by atoms with Gasteiger partial charge < -0.3 is 183 Å². The molecule has 0 radical (unpaired) electrons. The van der Waals surface area contributed by atoms with Crippen LogP contribution < -0.4 is 0 Å². The van der Waals surface area contributed by atoms with Crippen molar-refractivity contribution >= 4 is 11.9 Å². The van der Waals surface area contributed by atoms with E-state index in [1.165, 1.54) is 13.8 Å². The predicted molar refractivity (Wildman–Crippen MR) is 421 cm³/mol. The zero-order valence-corrected chi connectivity index (χ0v) is 72.3. The van der Waals surface area contributed by atoms with Crippen molar-refractivity contribution in [2.75, 3.05) is 39.6 Å². The second-order valence-electron chi connectivity index (χ2n) is 39.4. The minimum atomic E-state index is -2.10. The van der Waals surface area contributed by atoms with Crippen molar-refractivity contribution in [2.24, 2.45) is 50.7 Å². The monoisotopic (exact) mass is 1790 g/mol. The Labute approximate surface area is 721 Å². The number of hydrogen-bond acceptors (Lipinski definition) is 39. The summed E-state index contributed by atoms with van der Waals surface area (Å²) in [7, 11) is 0.